The largest absolute Gasteiger partial charge is 0.362 e. The summed E-state index contributed by atoms with van der Waals surface area (Å²) in [4.78, 5) is 16.8. The van der Waals surface area contributed by atoms with Gasteiger partial charge in [-0.25, -0.2) is 4.68 Å². The molecule has 0 N–H and O–H groups in total. The van der Waals surface area contributed by atoms with E-state index in [1.165, 1.54) is 11.1 Å². The van der Waals surface area contributed by atoms with E-state index in [0.29, 0.717) is 12.4 Å². The average Bonchev–Trinajstić information content (AvgIpc) is 3.06. The van der Waals surface area contributed by atoms with Crippen LogP contribution in [0.5, 0.6) is 0 Å². The Balaban J connectivity index is 1.54. The molecule has 128 valence electrons. The van der Waals surface area contributed by atoms with Crippen LogP contribution in [0.15, 0.2) is 36.5 Å². The minimum atomic E-state index is 0.000365. The van der Waals surface area contributed by atoms with Gasteiger partial charge in [-0.05, 0) is 24.1 Å². The van der Waals surface area contributed by atoms with Crippen molar-refractivity contribution in [3.63, 3.8) is 0 Å². The van der Waals surface area contributed by atoms with Crippen LogP contribution in [0.4, 0.5) is 0 Å². The highest BCUT2D eigenvalue weighted by Crippen LogP contribution is 2.13. The predicted molar refractivity (Wildman–Crippen MR) is 91.6 cm³/mol. The van der Waals surface area contributed by atoms with Gasteiger partial charge in [-0.1, -0.05) is 24.3 Å². The normalized spacial score (nSPS) is 15.7. The smallest absolute Gasteiger partial charge is 0.274 e. The van der Waals surface area contributed by atoms with Crippen LogP contribution in [0.25, 0.3) is 0 Å². The van der Waals surface area contributed by atoms with Gasteiger partial charge in [-0.15, -0.1) is 0 Å². The summed E-state index contributed by atoms with van der Waals surface area (Å²) in [6, 6.07) is 10.2. The van der Waals surface area contributed by atoms with E-state index in [9.17, 15) is 4.79 Å². The predicted octanol–water partition coefficient (Wildman–Crippen LogP) is 1.75. The van der Waals surface area contributed by atoms with Gasteiger partial charge in [0.15, 0.2) is 0 Å². The monoisotopic (exact) mass is 328 g/mol. The number of amides is 1. The molecule has 0 unspecified atom stereocenters. The zero-order valence-electron chi connectivity index (χ0n) is 14.3. The molecule has 1 aliphatic heterocycles. The molecule has 0 saturated carbocycles. The van der Waals surface area contributed by atoms with Crippen molar-refractivity contribution in [3.05, 3.63) is 53.3 Å². The zero-order chi connectivity index (χ0) is 16.9. The van der Waals surface area contributed by atoms with Crippen molar-refractivity contribution < 1.29 is 9.53 Å². The molecule has 1 aromatic carbocycles. The average molecular weight is 328 g/mol. The molecule has 24 heavy (non-hydrogen) atoms. The van der Waals surface area contributed by atoms with Crippen LogP contribution in [0.2, 0.25) is 0 Å². The van der Waals surface area contributed by atoms with E-state index in [-0.39, 0.29) is 5.91 Å². The van der Waals surface area contributed by atoms with Crippen molar-refractivity contribution in [2.24, 2.45) is 0 Å². The molecular weight excluding hydrogens is 304 g/mol. The Morgan fingerprint density at radius 2 is 1.92 bits per heavy atom. The number of aryl methyl sites for hydroxylation is 1. The van der Waals surface area contributed by atoms with E-state index >= 15 is 0 Å². The maximum absolute atomic E-state index is 12.5. The van der Waals surface area contributed by atoms with Crippen LogP contribution >= 0.6 is 0 Å². The van der Waals surface area contributed by atoms with Crippen molar-refractivity contribution in [3.8, 4) is 0 Å². The van der Waals surface area contributed by atoms with Crippen molar-refractivity contribution in [1.29, 1.82) is 0 Å². The maximum atomic E-state index is 12.5. The van der Waals surface area contributed by atoms with Gasteiger partial charge in [-0.3, -0.25) is 9.69 Å². The van der Waals surface area contributed by atoms with Crippen LogP contribution in [0.1, 0.15) is 21.6 Å². The third-order valence-corrected chi connectivity index (χ3v) is 4.44. The Kier molecular flexibility index (Phi) is 5.27. The Bertz CT molecular complexity index is 690. The van der Waals surface area contributed by atoms with Gasteiger partial charge in [0.05, 0.1) is 0 Å². The van der Waals surface area contributed by atoms with Crippen LogP contribution in [0, 0.1) is 6.92 Å². The molecule has 2 heterocycles. The van der Waals surface area contributed by atoms with Gasteiger partial charge < -0.3 is 9.64 Å². The summed E-state index contributed by atoms with van der Waals surface area (Å²) in [5.41, 5.74) is 3.16. The maximum Gasteiger partial charge on any atom is 0.274 e. The lowest BCUT2D eigenvalue weighted by Gasteiger charge is -2.34. The first-order chi connectivity index (χ1) is 11.7. The Hall–Kier alpha value is -2.18. The van der Waals surface area contributed by atoms with E-state index in [2.05, 4.69) is 41.2 Å². The third-order valence-electron chi connectivity index (χ3n) is 4.44. The molecule has 0 radical (unpaired) electrons. The highest BCUT2D eigenvalue weighted by Gasteiger charge is 2.23. The number of piperazine rings is 1. The minimum absolute atomic E-state index is 0.000365. The standard InChI is InChI=1S/C18H24N4O2/c1-15-5-3-4-6-16(15)13-20-9-11-21(12-10-20)18(23)17-7-8-22(19-17)14-24-2/h3-8H,9-14H2,1-2H3. The van der Waals surface area contributed by atoms with E-state index in [1.807, 2.05) is 4.90 Å². The molecule has 6 nitrogen and oxygen atoms in total. The minimum Gasteiger partial charge on any atom is -0.362 e. The van der Waals surface area contributed by atoms with E-state index < -0.39 is 0 Å². The SMILES string of the molecule is COCn1ccc(C(=O)N2CCN(Cc3ccccc3C)CC2)n1. The van der Waals surface area contributed by atoms with Crippen LogP contribution in [-0.4, -0.2) is 58.8 Å². The second kappa shape index (κ2) is 7.59. The van der Waals surface area contributed by atoms with Crippen molar-refractivity contribution in [2.45, 2.75) is 20.2 Å². The van der Waals surface area contributed by atoms with Crippen molar-refractivity contribution in [1.82, 2.24) is 19.6 Å². The lowest BCUT2D eigenvalue weighted by Crippen LogP contribution is -2.48. The number of rotatable bonds is 5. The summed E-state index contributed by atoms with van der Waals surface area (Å²) in [6.07, 6.45) is 1.77. The fourth-order valence-electron chi connectivity index (χ4n) is 2.98. The first-order valence-corrected chi connectivity index (χ1v) is 8.26. The summed E-state index contributed by atoms with van der Waals surface area (Å²) in [7, 11) is 1.61. The number of methoxy groups -OCH3 is 1. The first-order valence-electron chi connectivity index (χ1n) is 8.26. The molecule has 2 aromatic rings. The van der Waals surface area contributed by atoms with Gasteiger partial charge in [0.25, 0.3) is 5.91 Å². The summed E-state index contributed by atoms with van der Waals surface area (Å²) >= 11 is 0. The molecule has 0 aliphatic carbocycles. The van der Waals surface area contributed by atoms with Crippen LogP contribution in [-0.2, 0) is 18.0 Å². The molecule has 6 heteroatoms. The number of carbonyl (C=O) groups is 1. The molecule has 1 aromatic heterocycles. The topological polar surface area (TPSA) is 50.6 Å². The van der Waals surface area contributed by atoms with E-state index in [4.69, 9.17) is 4.74 Å². The van der Waals surface area contributed by atoms with Gasteiger partial charge in [0.1, 0.15) is 12.4 Å². The molecule has 0 spiro atoms. The zero-order valence-corrected chi connectivity index (χ0v) is 14.3. The van der Waals surface area contributed by atoms with Crippen LogP contribution < -0.4 is 0 Å². The molecular formula is C18H24N4O2. The summed E-state index contributed by atoms with van der Waals surface area (Å²) in [5.74, 6) is 0.000365. The lowest BCUT2D eigenvalue weighted by atomic mass is 10.1. The highest BCUT2D eigenvalue weighted by atomic mass is 16.5. The lowest BCUT2D eigenvalue weighted by molar-refractivity contribution is 0.0618. The fraction of sp³-hybridized carbons (Fsp3) is 0.444. The highest BCUT2D eigenvalue weighted by molar-refractivity contribution is 5.92. The number of hydrogen-bond donors (Lipinski definition) is 0. The molecule has 3 rings (SSSR count). The Morgan fingerprint density at radius 3 is 2.62 bits per heavy atom. The van der Waals surface area contributed by atoms with Crippen LogP contribution in [0.3, 0.4) is 0 Å². The Labute approximate surface area is 142 Å². The number of hydrogen-bond acceptors (Lipinski definition) is 4. The van der Waals surface area contributed by atoms with E-state index in [0.717, 1.165) is 32.7 Å². The number of benzene rings is 1. The van der Waals surface area contributed by atoms with Gasteiger partial charge in [0.2, 0.25) is 0 Å². The Morgan fingerprint density at radius 1 is 1.17 bits per heavy atom. The quantitative estimate of drug-likeness (QED) is 0.839. The molecule has 1 saturated heterocycles. The van der Waals surface area contributed by atoms with Gasteiger partial charge in [-0.2, -0.15) is 5.10 Å². The molecule has 1 amide bonds. The summed E-state index contributed by atoms with van der Waals surface area (Å²) in [5, 5.41) is 4.26. The number of nitrogens with zero attached hydrogens (tertiary/aromatic N) is 4. The number of carbonyl (C=O) groups excluding carboxylic acids is 1. The summed E-state index contributed by atoms with van der Waals surface area (Å²) in [6.45, 7) is 6.70. The first kappa shape index (κ1) is 16.7. The van der Waals surface area contributed by atoms with Crippen molar-refractivity contribution in [2.75, 3.05) is 33.3 Å². The number of ether oxygens (including phenoxy) is 1. The van der Waals surface area contributed by atoms with Gasteiger partial charge in [0, 0.05) is 46.0 Å². The molecule has 0 bridgehead atoms. The third kappa shape index (κ3) is 3.83. The molecule has 1 fully saturated rings. The molecule has 1 aliphatic rings. The number of aromatic nitrogens is 2. The van der Waals surface area contributed by atoms with Crippen molar-refractivity contribution >= 4 is 5.91 Å². The summed E-state index contributed by atoms with van der Waals surface area (Å²) < 4.78 is 6.64. The van der Waals surface area contributed by atoms with Gasteiger partial charge >= 0.3 is 0 Å². The second-order valence-corrected chi connectivity index (χ2v) is 6.15. The fourth-order valence-corrected chi connectivity index (χ4v) is 2.98. The van der Waals surface area contributed by atoms with E-state index in [1.54, 1.807) is 24.1 Å². The second-order valence-electron chi connectivity index (χ2n) is 6.15. The molecule has 0 atom stereocenters.